The van der Waals surface area contributed by atoms with Crippen molar-refractivity contribution in [3.63, 3.8) is 0 Å². The van der Waals surface area contributed by atoms with Gasteiger partial charge in [-0.2, -0.15) is 5.70 Å². The number of nitrogens with zero attached hydrogens (tertiary/aromatic N) is 2. The van der Waals surface area contributed by atoms with Gasteiger partial charge in [0.2, 0.25) is 0 Å². The van der Waals surface area contributed by atoms with Gasteiger partial charge in [-0.3, -0.25) is 9.78 Å². The Morgan fingerprint density at radius 1 is 0.780 bits per heavy atom. The van der Waals surface area contributed by atoms with E-state index < -0.39 is 0 Å². The van der Waals surface area contributed by atoms with Gasteiger partial charge in [0.1, 0.15) is 11.2 Å². The number of hydrogen-bond donors (Lipinski definition) is 0. The van der Waals surface area contributed by atoms with Crippen LogP contribution in [-0.4, -0.2) is 17.8 Å². The van der Waals surface area contributed by atoms with E-state index in [-0.39, 0.29) is 58.4 Å². The first-order valence-electron chi connectivity index (χ1n) is 22.1. The van der Waals surface area contributed by atoms with Crippen LogP contribution in [0.25, 0.3) is 49.3 Å². The molecular formula is C54H74IrN2O2-2. The smallest absolute Gasteiger partial charge is 0.160 e. The molecule has 0 amide bonds. The number of benzene rings is 3. The SMILES string of the molecule is CC(C)(C)Cc1cc2c(oc3c(-c4[c-]c5ccccc5c(C(C)(C)C)c4)nccc32)c2c1C(C)(C)CCC2(C)C.CCC(C)(CC)C(=O)/C=C(\[N-]C)C(C)(CC)CC.[Ir]. The molecule has 5 heteroatoms. The molecule has 2 heterocycles. The monoisotopic (exact) mass is 976 g/mol. The van der Waals surface area contributed by atoms with Crippen molar-refractivity contribution in [2.24, 2.45) is 16.2 Å². The molecule has 0 atom stereocenters. The number of rotatable bonds is 10. The topological polar surface area (TPSA) is 57.2 Å². The molecule has 0 unspecified atom stereocenters. The maximum atomic E-state index is 12.4. The molecule has 0 fully saturated rings. The van der Waals surface area contributed by atoms with Crippen molar-refractivity contribution in [3.05, 3.63) is 94.1 Å². The summed E-state index contributed by atoms with van der Waals surface area (Å²) in [7, 11) is 1.79. The Bertz CT molecular complexity index is 2320. The third-order valence-corrected chi connectivity index (χ3v) is 13.9. The van der Waals surface area contributed by atoms with Crippen LogP contribution in [-0.2, 0) is 47.6 Å². The molecule has 6 rings (SSSR count). The van der Waals surface area contributed by atoms with Crippen LogP contribution in [0.5, 0.6) is 0 Å². The summed E-state index contributed by atoms with van der Waals surface area (Å²) in [5, 5.41) is 9.10. The molecule has 59 heavy (non-hydrogen) atoms. The van der Waals surface area contributed by atoms with E-state index in [4.69, 9.17) is 9.40 Å². The number of allylic oxidation sites excluding steroid dienone is 2. The summed E-state index contributed by atoms with van der Waals surface area (Å²) < 4.78 is 7.01. The van der Waals surface area contributed by atoms with Crippen molar-refractivity contribution in [1.82, 2.24) is 4.98 Å². The van der Waals surface area contributed by atoms with Crippen molar-refractivity contribution in [2.75, 3.05) is 7.05 Å². The summed E-state index contributed by atoms with van der Waals surface area (Å²) in [6.07, 6.45) is 10.9. The fraction of sp³-hybridized carbons (Fsp3) is 0.556. The number of pyridine rings is 1. The molecule has 3 aromatic carbocycles. The number of carbonyl (C=O) groups is 1. The fourth-order valence-corrected chi connectivity index (χ4v) is 9.08. The Morgan fingerprint density at radius 3 is 1.90 bits per heavy atom. The number of fused-ring (bicyclic) bond motifs is 6. The average Bonchev–Trinajstić information content (AvgIpc) is 3.54. The number of ketones is 1. The Hall–Kier alpha value is -3.27. The molecule has 0 aliphatic heterocycles. The van der Waals surface area contributed by atoms with Crippen molar-refractivity contribution in [1.29, 1.82) is 0 Å². The van der Waals surface area contributed by atoms with Gasteiger partial charge in [-0.1, -0.05) is 140 Å². The van der Waals surface area contributed by atoms with Crippen LogP contribution in [0, 0.1) is 22.3 Å². The molecule has 1 radical (unpaired) electrons. The molecule has 0 bridgehead atoms. The van der Waals surface area contributed by atoms with E-state index in [2.05, 4.69) is 158 Å². The van der Waals surface area contributed by atoms with Gasteiger partial charge in [0.05, 0.1) is 0 Å². The van der Waals surface area contributed by atoms with Crippen molar-refractivity contribution in [2.45, 2.75) is 172 Å². The first-order valence-corrected chi connectivity index (χ1v) is 22.1. The van der Waals surface area contributed by atoms with Crippen LogP contribution in [0.2, 0.25) is 0 Å². The maximum absolute atomic E-state index is 12.4. The third-order valence-electron chi connectivity index (χ3n) is 13.9. The van der Waals surface area contributed by atoms with Gasteiger partial charge in [-0.25, -0.2) is 0 Å². The van der Waals surface area contributed by atoms with Crippen LogP contribution in [0.3, 0.4) is 0 Å². The summed E-state index contributed by atoms with van der Waals surface area (Å²) in [6.45, 7) is 36.3. The van der Waals surface area contributed by atoms with Gasteiger partial charge in [-0.15, -0.1) is 36.2 Å². The molecule has 0 saturated carbocycles. The number of aromatic nitrogens is 1. The van der Waals surface area contributed by atoms with Gasteiger partial charge < -0.3 is 9.73 Å². The maximum Gasteiger partial charge on any atom is 0.160 e. The van der Waals surface area contributed by atoms with Crippen molar-refractivity contribution in [3.8, 4) is 11.3 Å². The molecule has 1 aliphatic rings. The molecule has 5 aromatic rings. The predicted molar refractivity (Wildman–Crippen MR) is 250 cm³/mol. The number of carbonyl (C=O) groups excluding carboxylic acids is 1. The minimum atomic E-state index is -0.238. The summed E-state index contributed by atoms with van der Waals surface area (Å²) in [4.78, 5) is 17.4. The van der Waals surface area contributed by atoms with Crippen molar-refractivity contribution >= 4 is 38.5 Å². The van der Waals surface area contributed by atoms with Crippen LogP contribution in [0.1, 0.15) is 172 Å². The largest absolute Gasteiger partial charge is 0.690 e. The van der Waals surface area contributed by atoms with Gasteiger partial charge >= 0.3 is 0 Å². The van der Waals surface area contributed by atoms with E-state index in [0.717, 1.165) is 77.4 Å². The second kappa shape index (κ2) is 17.6. The third kappa shape index (κ3) is 9.63. The normalized spacial score (nSPS) is 15.7. The summed E-state index contributed by atoms with van der Waals surface area (Å²) in [5.74, 6) is 0.223. The fourth-order valence-electron chi connectivity index (χ4n) is 9.08. The summed E-state index contributed by atoms with van der Waals surface area (Å²) in [5.41, 5.74) is 10.5. The van der Waals surface area contributed by atoms with E-state index in [1.807, 2.05) is 13.1 Å². The Labute approximate surface area is 371 Å². The van der Waals surface area contributed by atoms with Gasteiger partial charge in [0, 0.05) is 53.7 Å². The van der Waals surface area contributed by atoms with Crippen molar-refractivity contribution < 1.29 is 29.3 Å². The number of furan rings is 1. The zero-order valence-electron chi connectivity index (χ0n) is 39.7. The minimum absolute atomic E-state index is 0. The zero-order valence-corrected chi connectivity index (χ0v) is 42.1. The van der Waals surface area contributed by atoms with Crippen LogP contribution < -0.4 is 0 Å². The zero-order chi connectivity index (χ0) is 43.2. The summed E-state index contributed by atoms with van der Waals surface area (Å²) in [6, 6.07) is 19.2. The minimum Gasteiger partial charge on any atom is -0.690 e. The van der Waals surface area contributed by atoms with Gasteiger partial charge in [0.25, 0.3) is 0 Å². The molecule has 0 N–H and O–H groups in total. The first-order chi connectivity index (χ1) is 26.9. The molecule has 2 aromatic heterocycles. The van der Waals surface area contributed by atoms with Crippen LogP contribution in [0.4, 0.5) is 0 Å². The van der Waals surface area contributed by atoms with E-state index in [9.17, 15) is 4.79 Å². The van der Waals surface area contributed by atoms with E-state index in [1.54, 1.807) is 13.1 Å². The molecule has 4 nitrogen and oxygen atoms in total. The summed E-state index contributed by atoms with van der Waals surface area (Å²) >= 11 is 0. The van der Waals surface area contributed by atoms with E-state index in [1.165, 1.54) is 39.4 Å². The predicted octanol–water partition coefficient (Wildman–Crippen LogP) is 15.9. The standard InChI is InChI=1S/C38H44NO.C16H31NO.Ir/c1-35(2,3)22-25-20-28-27-15-18-39-32(24-19-23-13-11-12-14-26(23)29(21-24)36(4,5)6)34(27)40-33(28)31-30(25)37(7,8)16-17-38(31,9)10;1-8-15(5,9-2)13(17-7)12-14(18)16(6,10-3)11-4;/h11-15,18,20-21H,16-17,22H2,1-10H3;12H,8-11H2,1-7H3,(H,17,18);/q-1;;/p-1. The molecule has 0 spiro atoms. The Morgan fingerprint density at radius 2 is 1.36 bits per heavy atom. The van der Waals surface area contributed by atoms with Crippen LogP contribution in [0.15, 0.2) is 64.9 Å². The molecule has 1 aliphatic carbocycles. The second-order valence-corrected chi connectivity index (χ2v) is 21.4. The molecule has 323 valence electrons. The molecule has 0 saturated heterocycles. The van der Waals surface area contributed by atoms with Gasteiger partial charge in [0.15, 0.2) is 5.78 Å². The van der Waals surface area contributed by atoms with Crippen LogP contribution >= 0.6 is 0 Å². The van der Waals surface area contributed by atoms with Gasteiger partial charge in [-0.05, 0) is 101 Å². The average molecular weight is 975 g/mol. The van der Waals surface area contributed by atoms with E-state index >= 15 is 0 Å². The second-order valence-electron chi connectivity index (χ2n) is 21.4. The number of hydrogen-bond acceptors (Lipinski definition) is 3. The Balaban J connectivity index is 0.000000345. The first kappa shape index (κ1) is 48.4. The molecular weight excluding hydrogens is 901 g/mol. The Kier molecular flexibility index (Phi) is 14.4. The van der Waals surface area contributed by atoms with E-state index in [0.29, 0.717) is 0 Å². The quantitative estimate of drug-likeness (QED) is 0.103.